The maximum Gasteiger partial charge on any atom is 0.303 e. The highest BCUT2D eigenvalue weighted by Gasteiger charge is 2.60. The van der Waals surface area contributed by atoms with Crippen LogP contribution in [-0.4, -0.2) is 35.9 Å². The van der Waals surface area contributed by atoms with E-state index < -0.39 is 5.60 Å². The number of esters is 2. The van der Waals surface area contributed by atoms with Gasteiger partial charge >= 0.3 is 11.9 Å². The summed E-state index contributed by atoms with van der Waals surface area (Å²) in [4.78, 5) is 23.8. The Morgan fingerprint density at radius 2 is 1.89 bits per heavy atom. The number of fused-ring (bicyclic) bond motifs is 5. The summed E-state index contributed by atoms with van der Waals surface area (Å²) in [6.07, 6.45) is 6.29. The molecule has 3 rings (SSSR count). The lowest BCUT2D eigenvalue weighted by Crippen LogP contribution is -2.52. The number of allylic oxidation sites excluding steroid dienone is 1. The molecule has 158 valence electrons. The molecular formula is C23H36O5. The molecule has 0 amide bonds. The van der Waals surface area contributed by atoms with Crippen LogP contribution in [0.2, 0.25) is 0 Å². The van der Waals surface area contributed by atoms with Gasteiger partial charge < -0.3 is 14.2 Å². The van der Waals surface area contributed by atoms with Crippen molar-refractivity contribution in [1.29, 1.82) is 0 Å². The van der Waals surface area contributed by atoms with Gasteiger partial charge in [-0.25, -0.2) is 0 Å². The van der Waals surface area contributed by atoms with Gasteiger partial charge in [0.05, 0.1) is 6.10 Å². The fraction of sp³-hybridized carbons (Fsp3) is 0.826. The van der Waals surface area contributed by atoms with Gasteiger partial charge in [-0.15, -0.1) is 0 Å². The molecule has 1 saturated carbocycles. The Bertz CT molecular complexity index is 639. The SMILES string of the molecule is CC(=O)O[C@@H]1CC[C@H](C(C)C)[C@@H]2[C@H]1[C@H]1C/C(C)=C\CC[C@@](C)(OC(C)=O)[C@@H]2O1. The maximum atomic E-state index is 12.0. The van der Waals surface area contributed by atoms with Crippen molar-refractivity contribution in [3.05, 3.63) is 11.6 Å². The first kappa shape index (κ1) is 21.4. The van der Waals surface area contributed by atoms with Crippen LogP contribution in [-0.2, 0) is 23.8 Å². The van der Waals surface area contributed by atoms with E-state index in [1.165, 1.54) is 19.4 Å². The van der Waals surface area contributed by atoms with Crippen LogP contribution in [0, 0.1) is 23.7 Å². The Kier molecular flexibility index (Phi) is 6.23. The first-order valence-corrected chi connectivity index (χ1v) is 10.8. The van der Waals surface area contributed by atoms with Crippen LogP contribution >= 0.6 is 0 Å². The van der Waals surface area contributed by atoms with Gasteiger partial charge in [-0.05, 0) is 57.8 Å². The number of ether oxygens (including phenoxy) is 3. The normalized spacial score (nSPS) is 42.5. The van der Waals surface area contributed by atoms with Gasteiger partial charge in [-0.3, -0.25) is 9.59 Å². The van der Waals surface area contributed by atoms with Crippen molar-refractivity contribution >= 4 is 11.9 Å². The van der Waals surface area contributed by atoms with E-state index in [1.54, 1.807) is 0 Å². The molecule has 0 aromatic carbocycles. The molecule has 0 unspecified atom stereocenters. The molecule has 0 radical (unpaired) electrons. The minimum atomic E-state index is -0.671. The second-order valence-electron chi connectivity index (χ2n) is 9.58. The van der Waals surface area contributed by atoms with Gasteiger partial charge in [0.2, 0.25) is 0 Å². The van der Waals surface area contributed by atoms with E-state index in [9.17, 15) is 9.59 Å². The van der Waals surface area contributed by atoms with Gasteiger partial charge in [0.1, 0.15) is 17.8 Å². The Balaban J connectivity index is 2.05. The Morgan fingerprint density at radius 1 is 1.18 bits per heavy atom. The van der Waals surface area contributed by atoms with Crippen LogP contribution in [0.4, 0.5) is 0 Å². The molecule has 0 spiro atoms. The predicted octanol–water partition coefficient (Wildman–Crippen LogP) is 4.44. The number of hydrogen-bond donors (Lipinski definition) is 0. The molecule has 2 aliphatic heterocycles. The Labute approximate surface area is 169 Å². The van der Waals surface area contributed by atoms with E-state index in [1.807, 2.05) is 6.92 Å². The van der Waals surface area contributed by atoms with Crippen molar-refractivity contribution in [2.45, 2.75) is 97.6 Å². The van der Waals surface area contributed by atoms with E-state index in [0.29, 0.717) is 11.8 Å². The molecule has 2 bridgehead atoms. The highest BCUT2D eigenvalue weighted by Crippen LogP contribution is 2.54. The second-order valence-corrected chi connectivity index (χ2v) is 9.58. The molecule has 0 aromatic rings. The zero-order chi connectivity index (χ0) is 20.6. The third-order valence-electron chi connectivity index (χ3n) is 7.06. The largest absolute Gasteiger partial charge is 0.462 e. The molecule has 5 nitrogen and oxygen atoms in total. The van der Waals surface area contributed by atoms with Gasteiger partial charge in [-0.1, -0.05) is 25.5 Å². The van der Waals surface area contributed by atoms with Crippen LogP contribution in [0.1, 0.15) is 73.6 Å². The average molecular weight is 393 g/mol. The lowest BCUT2D eigenvalue weighted by Gasteiger charge is -2.46. The molecule has 1 saturated heterocycles. The summed E-state index contributed by atoms with van der Waals surface area (Å²) in [5.41, 5.74) is 0.625. The summed E-state index contributed by atoms with van der Waals surface area (Å²) in [7, 11) is 0. The zero-order valence-corrected chi connectivity index (χ0v) is 18.2. The third-order valence-corrected chi connectivity index (χ3v) is 7.06. The predicted molar refractivity (Wildman–Crippen MR) is 107 cm³/mol. The van der Waals surface area contributed by atoms with Crippen LogP contribution in [0.15, 0.2) is 11.6 Å². The molecule has 0 N–H and O–H groups in total. The van der Waals surface area contributed by atoms with E-state index in [4.69, 9.17) is 14.2 Å². The lowest BCUT2D eigenvalue weighted by atomic mass is 9.61. The van der Waals surface area contributed by atoms with Crippen molar-refractivity contribution < 1.29 is 23.8 Å². The van der Waals surface area contributed by atoms with E-state index in [0.717, 1.165) is 32.1 Å². The number of carbonyl (C=O) groups is 2. The van der Waals surface area contributed by atoms with Gasteiger partial charge in [0.15, 0.2) is 0 Å². The highest BCUT2D eigenvalue weighted by atomic mass is 16.6. The van der Waals surface area contributed by atoms with Crippen LogP contribution in [0.25, 0.3) is 0 Å². The molecule has 5 heteroatoms. The van der Waals surface area contributed by atoms with Gasteiger partial charge in [0.25, 0.3) is 0 Å². The van der Waals surface area contributed by atoms with Gasteiger partial charge in [0, 0.05) is 25.7 Å². The Morgan fingerprint density at radius 3 is 2.50 bits per heavy atom. The van der Waals surface area contributed by atoms with Crippen molar-refractivity contribution in [2.24, 2.45) is 23.7 Å². The third kappa shape index (κ3) is 4.14. The van der Waals surface area contributed by atoms with Crippen LogP contribution < -0.4 is 0 Å². The first-order valence-electron chi connectivity index (χ1n) is 10.8. The minimum absolute atomic E-state index is 0.00914. The maximum absolute atomic E-state index is 12.0. The van der Waals surface area contributed by atoms with Crippen molar-refractivity contribution in [2.75, 3.05) is 0 Å². The minimum Gasteiger partial charge on any atom is -0.462 e. The number of carbonyl (C=O) groups excluding carboxylic acids is 2. The quantitative estimate of drug-likeness (QED) is 0.525. The molecule has 0 aromatic heterocycles. The molecule has 7 atom stereocenters. The fourth-order valence-corrected chi connectivity index (χ4v) is 6.01. The first-order chi connectivity index (χ1) is 13.1. The molecule has 2 heterocycles. The standard InChI is InChI=1S/C23H36O5/c1-13(2)17-9-10-18(26-15(4)24)21-19-12-14(3)8-7-11-23(6,28-16(5)25)22(27-19)20(17)21/h8,13,17-22H,7,9-12H2,1-6H3/b14-8-/t17-,18-,19-,20-,21-,22-,23-/m1/s1. The van der Waals surface area contributed by atoms with Crippen LogP contribution in [0.5, 0.6) is 0 Å². The number of rotatable bonds is 3. The highest BCUT2D eigenvalue weighted by molar-refractivity contribution is 5.67. The van der Waals surface area contributed by atoms with Crippen molar-refractivity contribution in [1.82, 2.24) is 0 Å². The molecular weight excluding hydrogens is 356 g/mol. The molecule has 2 fully saturated rings. The lowest BCUT2D eigenvalue weighted by molar-refractivity contribution is -0.179. The van der Waals surface area contributed by atoms with Gasteiger partial charge in [-0.2, -0.15) is 0 Å². The molecule has 1 aliphatic carbocycles. The van der Waals surface area contributed by atoms with E-state index in [-0.39, 0.29) is 42.1 Å². The topological polar surface area (TPSA) is 61.8 Å². The summed E-state index contributed by atoms with van der Waals surface area (Å²) in [6.45, 7) is 11.7. The Hall–Kier alpha value is -1.36. The van der Waals surface area contributed by atoms with Crippen LogP contribution in [0.3, 0.4) is 0 Å². The summed E-state index contributed by atoms with van der Waals surface area (Å²) in [5, 5.41) is 0. The molecule has 3 aliphatic rings. The smallest absolute Gasteiger partial charge is 0.303 e. The second kappa shape index (κ2) is 8.17. The summed E-state index contributed by atoms with van der Waals surface area (Å²) < 4.78 is 18.4. The summed E-state index contributed by atoms with van der Waals surface area (Å²) >= 11 is 0. The zero-order valence-electron chi connectivity index (χ0n) is 18.2. The van der Waals surface area contributed by atoms with Crippen molar-refractivity contribution in [3.63, 3.8) is 0 Å². The average Bonchev–Trinajstić information content (AvgIpc) is 2.95. The monoisotopic (exact) mass is 392 g/mol. The summed E-state index contributed by atoms with van der Waals surface area (Å²) in [5.74, 6) is 0.836. The molecule has 28 heavy (non-hydrogen) atoms. The fourth-order valence-electron chi connectivity index (χ4n) is 6.01. The summed E-state index contributed by atoms with van der Waals surface area (Å²) in [6, 6.07) is 0. The van der Waals surface area contributed by atoms with E-state index in [2.05, 4.69) is 26.8 Å². The number of hydrogen-bond acceptors (Lipinski definition) is 5. The van der Waals surface area contributed by atoms with Crippen molar-refractivity contribution in [3.8, 4) is 0 Å². The van der Waals surface area contributed by atoms with E-state index >= 15 is 0 Å².